The third-order valence-corrected chi connectivity index (χ3v) is 7.13. The summed E-state index contributed by atoms with van der Waals surface area (Å²) in [5.74, 6) is -7.59. The summed E-state index contributed by atoms with van der Waals surface area (Å²) in [7, 11) is 1.14. The van der Waals surface area contributed by atoms with Crippen LogP contribution >= 0.6 is 0 Å². The molecular weight excluding hydrogens is 503 g/mol. The molecule has 1 aromatic carbocycles. The first-order valence-electron chi connectivity index (χ1n) is 11.6. The van der Waals surface area contributed by atoms with Gasteiger partial charge in [0.05, 0.1) is 13.2 Å². The summed E-state index contributed by atoms with van der Waals surface area (Å²) in [4.78, 5) is 28.9. The van der Waals surface area contributed by atoms with Crippen LogP contribution in [0.25, 0.3) is 0 Å². The van der Waals surface area contributed by atoms with Crippen LogP contribution in [0.5, 0.6) is 5.75 Å². The lowest BCUT2D eigenvalue weighted by atomic mass is 9.76. The molecular formula is C25H25F5N2O5. The zero-order valence-corrected chi connectivity index (χ0v) is 20.2. The van der Waals surface area contributed by atoms with Crippen LogP contribution in [0.3, 0.4) is 0 Å². The lowest BCUT2D eigenvalue weighted by Gasteiger charge is -2.32. The zero-order valence-electron chi connectivity index (χ0n) is 20.2. The monoisotopic (exact) mass is 528 g/mol. The number of benzene rings is 1. The van der Waals surface area contributed by atoms with Crippen LogP contribution in [0.2, 0.25) is 0 Å². The van der Waals surface area contributed by atoms with E-state index >= 15 is 0 Å². The van der Waals surface area contributed by atoms with E-state index in [0.717, 1.165) is 32.6 Å². The van der Waals surface area contributed by atoms with E-state index in [9.17, 15) is 31.5 Å². The van der Waals surface area contributed by atoms with Gasteiger partial charge in [0.1, 0.15) is 11.8 Å². The first kappa shape index (κ1) is 26.8. The first-order chi connectivity index (χ1) is 17.4. The molecule has 0 radical (unpaired) electrons. The number of ether oxygens (including phenoxy) is 3. The maximum Gasteiger partial charge on any atom is 0.417 e. The Balaban J connectivity index is 1.75. The van der Waals surface area contributed by atoms with E-state index in [2.05, 4.69) is 15.0 Å². The number of nitrogens with zero attached hydrogens (tertiary/aromatic N) is 1. The normalized spacial score (nSPS) is 25.9. The van der Waals surface area contributed by atoms with Gasteiger partial charge in [0.15, 0.2) is 17.2 Å². The van der Waals surface area contributed by atoms with Crippen molar-refractivity contribution in [2.45, 2.75) is 63.0 Å². The summed E-state index contributed by atoms with van der Waals surface area (Å²) in [6.45, 7) is 2.05. The maximum absolute atomic E-state index is 14.9. The van der Waals surface area contributed by atoms with Crippen LogP contribution in [0.1, 0.15) is 55.1 Å². The van der Waals surface area contributed by atoms with Gasteiger partial charge < -0.3 is 19.5 Å². The number of rotatable bonds is 6. The highest BCUT2D eigenvalue weighted by Crippen LogP contribution is 2.55. The van der Waals surface area contributed by atoms with Crippen molar-refractivity contribution < 1.29 is 45.8 Å². The van der Waals surface area contributed by atoms with E-state index < -0.39 is 65.1 Å². The molecule has 0 spiro atoms. The molecule has 1 aromatic heterocycles. The van der Waals surface area contributed by atoms with E-state index in [1.54, 1.807) is 0 Å². The van der Waals surface area contributed by atoms with Gasteiger partial charge in [0.25, 0.3) is 5.91 Å². The Morgan fingerprint density at radius 1 is 1.19 bits per heavy atom. The number of amides is 1. The summed E-state index contributed by atoms with van der Waals surface area (Å²) in [6, 6.07) is 4.42. The van der Waals surface area contributed by atoms with Crippen molar-refractivity contribution in [2.75, 3.05) is 12.4 Å². The topological polar surface area (TPSA) is 86.8 Å². The van der Waals surface area contributed by atoms with Crippen LogP contribution < -0.4 is 10.1 Å². The van der Waals surface area contributed by atoms with Gasteiger partial charge in [0.2, 0.25) is 5.82 Å². The van der Waals surface area contributed by atoms with Gasteiger partial charge in [-0.1, -0.05) is 13.0 Å². The molecule has 1 saturated heterocycles. The van der Waals surface area contributed by atoms with Gasteiger partial charge >= 0.3 is 12.1 Å². The van der Waals surface area contributed by atoms with Crippen molar-refractivity contribution in [3.05, 3.63) is 53.4 Å². The molecule has 4 atom stereocenters. The fourth-order valence-electron chi connectivity index (χ4n) is 4.55. The number of methoxy groups -OCH3 is 1. The van der Waals surface area contributed by atoms with E-state index in [1.807, 2.05) is 0 Å². The summed E-state index contributed by atoms with van der Waals surface area (Å²) in [5.41, 5.74) is -2.98. The van der Waals surface area contributed by atoms with Gasteiger partial charge in [0, 0.05) is 29.3 Å². The Bertz CT molecular complexity index is 1200. The molecule has 200 valence electrons. The Hall–Kier alpha value is -3.28. The molecule has 2 aliphatic rings. The number of hydrogen-bond acceptors (Lipinski definition) is 6. The third-order valence-electron chi connectivity index (χ3n) is 7.13. The third kappa shape index (κ3) is 4.86. The van der Waals surface area contributed by atoms with Crippen molar-refractivity contribution >= 4 is 17.6 Å². The second kappa shape index (κ2) is 9.88. The number of nitrogens with one attached hydrogen (secondary N) is 1. The molecule has 4 rings (SSSR count). The molecule has 7 nitrogen and oxygen atoms in total. The van der Waals surface area contributed by atoms with Gasteiger partial charge in [-0.2, -0.15) is 17.6 Å². The number of carbonyl (C=O) groups is 2. The van der Waals surface area contributed by atoms with Crippen LogP contribution in [-0.2, 0) is 14.3 Å². The fourth-order valence-corrected chi connectivity index (χ4v) is 4.55. The number of alkyl halides is 3. The number of aromatic nitrogens is 1. The molecule has 12 heteroatoms. The standard InChI is InChI=1S/C25H25F5N2O5/c1-12-18(15-7-8-16(26)19(27)20(15)36-14-5-4-6-14)21(37-24(12,2)25(28,29)30)22(33)32-13-9-10-31-17(11-13)23(34)35-3/h7-12,14,18,21H,4-6H2,1-3H3,(H,31,32,33)/t12-,18-,21+,24+/m0/s1. The van der Waals surface area contributed by atoms with E-state index in [-0.39, 0.29) is 16.9 Å². The number of carbonyl (C=O) groups excluding carboxylic acids is 2. The lowest BCUT2D eigenvalue weighted by Crippen LogP contribution is -2.47. The van der Waals surface area contributed by atoms with Crippen molar-refractivity contribution in [3.63, 3.8) is 0 Å². The van der Waals surface area contributed by atoms with E-state index in [4.69, 9.17) is 9.47 Å². The van der Waals surface area contributed by atoms with E-state index in [1.165, 1.54) is 25.3 Å². The van der Waals surface area contributed by atoms with Crippen LogP contribution in [-0.4, -0.2) is 48.0 Å². The smallest absolute Gasteiger partial charge is 0.417 e. The quantitative estimate of drug-likeness (QED) is 0.412. The van der Waals surface area contributed by atoms with Crippen molar-refractivity contribution in [2.24, 2.45) is 5.92 Å². The minimum absolute atomic E-state index is 0.0484. The average molecular weight is 528 g/mol. The minimum Gasteiger partial charge on any atom is -0.487 e. The van der Waals surface area contributed by atoms with Crippen molar-refractivity contribution in [1.82, 2.24) is 4.98 Å². The van der Waals surface area contributed by atoms with Gasteiger partial charge in [-0.3, -0.25) is 4.79 Å². The highest BCUT2D eigenvalue weighted by molar-refractivity contribution is 5.96. The van der Waals surface area contributed by atoms with E-state index in [0.29, 0.717) is 12.8 Å². The fraction of sp³-hybridized carbons (Fsp3) is 0.480. The molecule has 0 unspecified atom stereocenters. The van der Waals surface area contributed by atoms with Gasteiger partial charge in [-0.25, -0.2) is 14.2 Å². The van der Waals surface area contributed by atoms with Crippen molar-refractivity contribution in [3.8, 4) is 5.75 Å². The molecule has 1 aliphatic carbocycles. The molecule has 2 fully saturated rings. The highest BCUT2D eigenvalue weighted by atomic mass is 19.4. The molecule has 2 heterocycles. The summed E-state index contributed by atoms with van der Waals surface area (Å²) >= 11 is 0. The summed E-state index contributed by atoms with van der Waals surface area (Å²) in [5, 5.41) is 2.43. The molecule has 37 heavy (non-hydrogen) atoms. The molecule has 1 N–H and O–H groups in total. The molecule has 0 bridgehead atoms. The second-order valence-electron chi connectivity index (χ2n) is 9.32. The van der Waals surface area contributed by atoms with Crippen LogP contribution in [0, 0.1) is 17.6 Å². The number of hydrogen-bond donors (Lipinski definition) is 1. The number of pyridine rings is 1. The average Bonchev–Trinajstić information content (AvgIpc) is 3.10. The Labute approximate surface area is 209 Å². The second-order valence-corrected chi connectivity index (χ2v) is 9.32. The predicted molar refractivity (Wildman–Crippen MR) is 120 cm³/mol. The first-order valence-corrected chi connectivity index (χ1v) is 11.6. The van der Waals surface area contributed by atoms with Gasteiger partial charge in [-0.05, 0) is 44.4 Å². The van der Waals surface area contributed by atoms with Crippen LogP contribution in [0.15, 0.2) is 30.5 Å². The van der Waals surface area contributed by atoms with Gasteiger partial charge in [-0.15, -0.1) is 0 Å². The Morgan fingerprint density at radius 2 is 1.89 bits per heavy atom. The summed E-state index contributed by atoms with van der Waals surface area (Å²) in [6.07, 6.45) is -3.87. The predicted octanol–water partition coefficient (Wildman–Crippen LogP) is 5.16. The number of esters is 1. The molecule has 1 amide bonds. The summed E-state index contributed by atoms with van der Waals surface area (Å²) < 4.78 is 87.2. The number of anilines is 1. The Kier molecular flexibility index (Phi) is 7.15. The van der Waals surface area contributed by atoms with Crippen molar-refractivity contribution in [1.29, 1.82) is 0 Å². The lowest BCUT2D eigenvalue weighted by molar-refractivity contribution is -0.272. The number of halogens is 5. The SMILES string of the molecule is COC(=O)c1cc(NC(=O)[C@@H]2O[C@@](C)(C(F)(F)F)[C@@H](C)[C@H]2c2ccc(F)c(F)c2OC2CCC2)ccn1. The molecule has 1 saturated carbocycles. The van der Waals surface area contributed by atoms with Crippen LogP contribution in [0.4, 0.5) is 27.6 Å². The zero-order chi connectivity index (χ0) is 27.1. The molecule has 2 aromatic rings. The minimum atomic E-state index is -4.89. The Morgan fingerprint density at radius 3 is 2.49 bits per heavy atom. The highest BCUT2D eigenvalue weighted by Gasteiger charge is 2.66. The maximum atomic E-state index is 14.9. The largest absolute Gasteiger partial charge is 0.487 e. The molecule has 1 aliphatic heterocycles.